The lowest BCUT2D eigenvalue weighted by Gasteiger charge is -2.51. The third kappa shape index (κ3) is 3.78. The molecule has 2 heteroatoms. The third-order valence-corrected chi connectivity index (χ3v) is 9.12. The summed E-state index contributed by atoms with van der Waals surface area (Å²) in [4.78, 5) is 11.2. The molecule has 0 atom stereocenters. The van der Waals surface area contributed by atoms with Gasteiger partial charge in [-0.05, 0) is 98.7 Å². The Balaban J connectivity index is 1.54. The van der Waals surface area contributed by atoms with Gasteiger partial charge in [0.1, 0.15) is 0 Å². The summed E-state index contributed by atoms with van der Waals surface area (Å²) in [5.41, 5.74) is 0.933. The molecular weight excluding hydrogens is 308 g/mol. The van der Waals surface area contributed by atoms with Gasteiger partial charge in [-0.2, -0.15) is 0 Å². The van der Waals surface area contributed by atoms with E-state index in [1.165, 1.54) is 44.9 Å². The zero-order chi connectivity index (χ0) is 18.2. The van der Waals surface area contributed by atoms with E-state index in [1.807, 2.05) is 0 Å². The van der Waals surface area contributed by atoms with Crippen LogP contribution >= 0.6 is 0 Å². The van der Waals surface area contributed by atoms with Gasteiger partial charge in [-0.25, -0.2) is 0 Å². The van der Waals surface area contributed by atoms with E-state index in [0.29, 0.717) is 10.8 Å². The largest absolute Gasteiger partial charge is 0.481 e. The van der Waals surface area contributed by atoms with Crippen LogP contribution in [0.4, 0.5) is 0 Å². The molecule has 0 aromatic rings. The molecule has 0 spiro atoms. The maximum atomic E-state index is 11.2. The molecule has 0 unspecified atom stereocenters. The first-order valence-corrected chi connectivity index (χ1v) is 11.0. The van der Waals surface area contributed by atoms with E-state index in [1.54, 1.807) is 0 Å². The normalized spacial score (nSPS) is 35.2. The molecule has 0 amide bonds. The van der Waals surface area contributed by atoms with Crippen LogP contribution in [0.2, 0.25) is 0 Å². The van der Waals surface area contributed by atoms with Crippen LogP contribution in [0.3, 0.4) is 0 Å². The Morgan fingerprint density at radius 3 is 1.24 bits per heavy atom. The molecule has 0 bridgehead atoms. The smallest absolute Gasteiger partial charge is 0.306 e. The Morgan fingerprint density at radius 2 is 0.960 bits per heavy atom. The van der Waals surface area contributed by atoms with Gasteiger partial charge in [0.25, 0.3) is 0 Å². The first-order chi connectivity index (χ1) is 11.7. The van der Waals surface area contributed by atoms with Gasteiger partial charge >= 0.3 is 5.97 Å². The summed E-state index contributed by atoms with van der Waals surface area (Å²) >= 11 is 0. The Kier molecular flexibility index (Phi) is 5.57. The number of rotatable bonds is 5. The monoisotopic (exact) mass is 348 g/mol. The number of carboxylic acids is 1. The highest BCUT2D eigenvalue weighted by molar-refractivity contribution is 5.70. The average molecular weight is 349 g/mol. The van der Waals surface area contributed by atoms with Crippen LogP contribution in [0.15, 0.2) is 0 Å². The minimum Gasteiger partial charge on any atom is -0.481 e. The molecule has 0 radical (unpaired) electrons. The number of hydrogen-bond acceptors (Lipinski definition) is 1. The number of aliphatic carboxylic acids is 1. The van der Waals surface area contributed by atoms with Crippen LogP contribution in [0, 0.1) is 40.4 Å². The quantitative estimate of drug-likeness (QED) is 0.612. The minimum atomic E-state index is -0.574. The van der Waals surface area contributed by atoms with Crippen molar-refractivity contribution in [3.8, 4) is 0 Å². The molecule has 3 aliphatic rings. The first-order valence-electron chi connectivity index (χ1n) is 11.0. The van der Waals surface area contributed by atoms with Crippen LogP contribution < -0.4 is 0 Å². The molecule has 2 nitrogen and oxygen atoms in total. The summed E-state index contributed by atoms with van der Waals surface area (Å²) < 4.78 is 0. The van der Waals surface area contributed by atoms with Crippen molar-refractivity contribution >= 4 is 5.97 Å². The molecule has 3 rings (SSSR count). The Hall–Kier alpha value is -0.530. The second-order valence-corrected chi connectivity index (χ2v) is 10.7. The van der Waals surface area contributed by atoms with E-state index in [2.05, 4.69) is 27.7 Å². The van der Waals surface area contributed by atoms with Crippen LogP contribution in [0.5, 0.6) is 0 Å². The molecule has 0 saturated heterocycles. The van der Waals surface area contributed by atoms with E-state index in [4.69, 9.17) is 0 Å². The zero-order valence-corrected chi connectivity index (χ0v) is 17.0. The highest BCUT2D eigenvalue weighted by Gasteiger charge is 2.45. The van der Waals surface area contributed by atoms with Gasteiger partial charge in [0, 0.05) is 0 Å². The summed E-state index contributed by atoms with van der Waals surface area (Å²) in [6.45, 7) is 10.1. The molecule has 0 aliphatic heterocycles. The minimum absolute atomic E-state index is 0.0777. The van der Waals surface area contributed by atoms with Crippen molar-refractivity contribution in [3.63, 3.8) is 0 Å². The van der Waals surface area contributed by atoms with Crippen molar-refractivity contribution in [1.29, 1.82) is 0 Å². The fourth-order valence-corrected chi connectivity index (χ4v) is 6.48. The molecular formula is C23H40O2. The maximum absolute atomic E-state index is 11.2. The van der Waals surface area contributed by atoms with Gasteiger partial charge < -0.3 is 5.11 Å². The fourth-order valence-electron chi connectivity index (χ4n) is 6.48. The second kappa shape index (κ2) is 7.24. The molecule has 25 heavy (non-hydrogen) atoms. The van der Waals surface area contributed by atoms with E-state index >= 15 is 0 Å². The molecule has 3 saturated carbocycles. The highest BCUT2D eigenvalue weighted by atomic mass is 16.4. The van der Waals surface area contributed by atoms with Crippen molar-refractivity contribution in [2.45, 2.75) is 98.3 Å². The van der Waals surface area contributed by atoms with Crippen molar-refractivity contribution in [2.24, 2.45) is 40.4 Å². The van der Waals surface area contributed by atoms with Gasteiger partial charge in [-0.3, -0.25) is 4.79 Å². The Morgan fingerprint density at radius 1 is 0.640 bits per heavy atom. The molecule has 3 aliphatic carbocycles. The summed E-state index contributed by atoms with van der Waals surface area (Å²) in [6.07, 6.45) is 14.0. The van der Waals surface area contributed by atoms with Gasteiger partial charge in [0.05, 0.1) is 5.92 Å². The second-order valence-electron chi connectivity index (χ2n) is 10.7. The van der Waals surface area contributed by atoms with Crippen LogP contribution in [-0.4, -0.2) is 11.1 Å². The molecule has 0 aromatic heterocycles. The molecule has 1 N–H and O–H groups in total. The summed E-state index contributed by atoms with van der Waals surface area (Å²) in [5.74, 6) is 2.82. The molecule has 144 valence electrons. The summed E-state index contributed by atoms with van der Waals surface area (Å²) in [7, 11) is 0. The average Bonchev–Trinajstić information content (AvgIpc) is 2.53. The number of carboxylic acid groups (broad SMARTS) is 1. The lowest BCUT2D eigenvalue weighted by atomic mass is 9.54. The number of hydrogen-bond donors (Lipinski definition) is 1. The molecule has 3 fully saturated rings. The zero-order valence-electron chi connectivity index (χ0n) is 17.0. The fraction of sp³-hybridized carbons (Fsp3) is 0.957. The Labute approximate surface area is 155 Å². The summed E-state index contributed by atoms with van der Waals surface area (Å²) in [5, 5.41) is 9.25. The van der Waals surface area contributed by atoms with E-state index < -0.39 is 5.97 Å². The van der Waals surface area contributed by atoms with Gasteiger partial charge in [-0.15, -0.1) is 0 Å². The lowest BCUT2D eigenvalue weighted by molar-refractivity contribution is -0.143. The SMILES string of the molecule is CC(C)(C1CCC1)C1CCC(C(C)(C)C2CCC(C(=O)O)CC2)CC1. The van der Waals surface area contributed by atoms with Gasteiger partial charge in [0.15, 0.2) is 0 Å². The molecule has 0 heterocycles. The summed E-state index contributed by atoms with van der Waals surface area (Å²) in [6, 6.07) is 0. The van der Waals surface area contributed by atoms with Gasteiger partial charge in [-0.1, -0.05) is 34.1 Å². The van der Waals surface area contributed by atoms with E-state index in [9.17, 15) is 9.90 Å². The molecule has 0 aromatic carbocycles. The van der Waals surface area contributed by atoms with E-state index in [0.717, 1.165) is 49.4 Å². The van der Waals surface area contributed by atoms with Gasteiger partial charge in [0.2, 0.25) is 0 Å². The standard InChI is InChI=1S/C23H40O2/c1-22(2,17-6-5-7-17)19-12-14-20(15-13-19)23(3,4)18-10-8-16(9-11-18)21(24)25/h16-20H,5-15H2,1-4H3,(H,24,25). The highest BCUT2D eigenvalue weighted by Crippen LogP contribution is 2.55. The van der Waals surface area contributed by atoms with Crippen molar-refractivity contribution in [3.05, 3.63) is 0 Å². The maximum Gasteiger partial charge on any atom is 0.306 e. The van der Waals surface area contributed by atoms with Crippen LogP contribution in [0.25, 0.3) is 0 Å². The van der Waals surface area contributed by atoms with Crippen molar-refractivity contribution in [2.75, 3.05) is 0 Å². The predicted molar refractivity (Wildman–Crippen MR) is 103 cm³/mol. The van der Waals surface area contributed by atoms with Crippen LogP contribution in [0.1, 0.15) is 98.3 Å². The lowest BCUT2D eigenvalue weighted by Crippen LogP contribution is -2.42. The van der Waals surface area contributed by atoms with E-state index in [-0.39, 0.29) is 5.92 Å². The van der Waals surface area contributed by atoms with Crippen molar-refractivity contribution in [1.82, 2.24) is 0 Å². The van der Waals surface area contributed by atoms with Crippen molar-refractivity contribution < 1.29 is 9.90 Å². The predicted octanol–water partition coefficient (Wildman–Crippen LogP) is 6.54. The third-order valence-electron chi connectivity index (χ3n) is 9.12. The Bertz CT molecular complexity index is 458. The van der Waals surface area contributed by atoms with Crippen LogP contribution in [-0.2, 0) is 4.79 Å². The topological polar surface area (TPSA) is 37.3 Å². The first kappa shape index (κ1) is 19.2. The number of carbonyl (C=O) groups is 1.